The molecule has 0 saturated heterocycles. The standard InChI is InChI=1S/C19H15FO/c1-13-2-4-15(5-3-13)18-11-8-16(12-19(18)20)14-6-9-17(21)10-7-14/h2-12,21H,1H3. The number of aryl methyl sites for hydroxylation is 1. The summed E-state index contributed by atoms with van der Waals surface area (Å²) >= 11 is 0. The Balaban J connectivity index is 1.99. The van der Waals surface area contributed by atoms with Crippen molar-refractivity contribution in [3.05, 3.63) is 78.1 Å². The van der Waals surface area contributed by atoms with Crippen molar-refractivity contribution in [2.45, 2.75) is 6.92 Å². The molecule has 0 radical (unpaired) electrons. The summed E-state index contributed by atoms with van der Waals surface area (Å²) in [4.78, 5) is 0. The lowest BCUT2D eigenvalue weighted by atomic mass is 9.99. The molecule has 2 heteroatoms. The van der Waals surface area contributed by atoms with Crippen LogP contribution in [0.15, 0.2) is 66.7 Å². The molecular weight excluding hydrogens is 263 g/mol. The second-order valence-corrected chi connectivity index (χ2v) is 5.11. The van der Waals surface area contributed by atoms with Crippen LogP contribution in [0.25, 0.3) is 22.3 Å². The topological polar surface area (TPSA) is 20.2 Å². The summed E-state index contributed by atoms with van der Waals surface area (Å²) in [5.74, 6) is -0.0417. The zero-order valence-electron chi connectivity index (χ0n) is 11.7. The van der Waals surface area contributed by atoms with Gasteiger partial charge >= 0.3 is 0 Å². The van der Waals surface area contributed by atoms with Gasteiger partial charge in [0.15, 0.2) is 0 Å². The van der Waals surface area contributed by atoms with Gasteiger partial charge in [0.2, 0.25) is 0 Å². The van der Waals surface area contributed by atoms with Gasteiger partial charge in [-0.25, -0.2) is 4.39 Å². The van der Waals surface area contributed by atoms with Crippen LogP contribution in [0.3, 0.4) is 0 Å². The van der Waals surface area contributed by atoms with E-state index in [1.165, 1.54) is 6.07 Å². The Bertz CT molecular complexity index is 759. The van der Waals surface area contributed by atoms with E-state index in [0.29, 0.717) is 5.56 Å². The maximum atomic E-state index is 14.4. The third-order valence-electron chi connectivity index (χ3n) is 3.53. The SMILES string of the molecule is Cc1ccc(-c2ccc(-c3ccc(O)cc3)cc2F)cc1. The van der Waals surface area contributed by atoms with E-state index in [-0.39, 0.29) is 11.6 Å². The lowest BCUT2D eigenvalue weighted by Gasteiger charge is -2.07. The van der Waals surface area contributed by atoms with Crippen molar-refractivity contribution in [1.29, 1.82) is 0 Å². The number of aromatic hydroxyl groups is 1. The minimum atomic E-state index is -0.246. The third kappa shape index (κ3) is 2.79. The predicted octanol–water partition coefficient (Wildman–Crippen LogP) is 5.17. The summed E-state index contributed by atoms with van der Waals surface area (Å²) < 4.78 is 14.4. The average molecular weight is 278 g/mol. The molecule has 0 aliphatic carbocycles. The maximum Gasteiger partial charge on any atom is 0.131 e. The van der Waals surface area contributed by atoms with Crippen LogP contribution < -0.4 is 0 Å². The van der Waals surface area contributed by atoms with E-state index >= 15 is 0 Å². The Kier molecular flexibility index (Phi) is 3.44. The first kappa shape index (κ1) is 13.4. The number of phenols is 1. The minimum Gasteiger partial charge on any atom is -0.508 e. The summed E-state index contributed by atoms with van der Waals surface area (Å²) in [6.45, 7) is 2.01. The van der Waals surface area contributed by atoms with E-state index < -0.39 is 0 Å². The third-order valence-corrected chi connectivity index (χ3v) is 3.53. The Hall–Kier alpha value is -2.61. The predicted molar refractivity (Wildman–Crippen MR) is 83.7 cm³/mol. The zero-order valence-corrected chi connectivity index (χ0v) is 11.7. The molecule has 1 nitrogen and oxygen atoms in total. The Labute approximate surface area is 123 Å². The van der Waals surface area contributed by atoms with Crippen LogP contribution in [0, 0.1) is 12.7 Å². The molecule has 3 aromatic rings. The molecule has 3 rings (SSSR count). The van der Waals surface area contributed by atoms with Gasteiger partial charge in [-0.2, -0.15) is 0 Å². The quantitative estimate of drug-likeness (QED) is 0.685. The smallest absolute Gasteiger partial charge is 0.131 e. The summed E-state index contributed by atoms with van der Waals surface area (Å²) in [5, 5.41) is 9.30. The molecule has 0 aliphatic rings. The van der Waals surface area contributed by atoms with Gasteiger partial charge < -0.3 is 5.11 Å². The van der Waals surface area contributed by atoms with E-state index in [1.807, 2.05) is 37.3 Å². The van der Waals surface area contributed by atoms with Crippen molar-refractivity contribution in [2.24, 2.45) is 0 Å². The Morgan fingerprint density at radius 1 is 0.714 bits per heavy atom. The van der Waals surface area contributed by atoms with Crippen molar-refractivity contribution < 1.29 is 9.50 Å². The van der Waals surface area contributed by atoms with Crippen LogP contribution >= 0.6 is 0 Å². The molecule has 0 fully saturated rings. The fourth-order valence-electron chi connectivity index (χ4n) is 2.32. The van der Waals surface area contributed by atoms with Gasteiger partial charge in [-0.1, -0.05) is 54.1 Å². The molecule has 0 aliphatic heterocycles. The first-order valence-corrected chi connectivity index (χ1v) is 6.79. The largest absolute Gasteiger partial charge is 0.508 e. The average Bonchev–Trinajstić information content (AvgIpc) is 2.49. The molecular formula is C19H15FO. The lowest BCUT2D eigenvalue weighted by Crippen LogP contribution is -1.87. The highest BCUT2D eigenvalue weighted by Crippen LogP contribution is 2.28. The van der Waals surface area contributed by atoms with Crippen LogP contribution in [0.2, 0.25) is 0 Å². The normalized spacial score (nSPS) is 10.6. The van der Waals surface area contributed by atoms with Crippen LogP contribution in [0.5, 0.6) is 5.75 Å². The fourth-order valence-corrected chi connectivity index (χ4v) is 2.32. The van der Waals surface area contributed by atoms with Crippen LogP contribution in [-0.4, -0.2) is 5.11 Å². The van der Waals surface area contributed by atoms with Gasteiger partial charge in [-0.05, 0) is 41.8 Å². The van der Waals surface area contributed by atoms with Crippen molar-refractivity contribution in [3.63, 3.8) is 0 Å². The van der Waals surface area contributed by atoms with Gasteiger partial charge in [0, 0.05) is 5.56 Å². The first-order valence-electron chi connectivity index (χ1n) is 6.79. The van der Waals surface area contributed by atoms with Crippen molar-refractivity contribution in [3.8, 4) is 28.0 Å². The minimum absolute atomic E-state index is 0.204. The van der Waals surface area contributed by atoms with E-state index in [2.05, 4.69) is 0 Å². The summed E-state index contributed by atoms with van der Waals surface area (Å²) in [7, 11) is 0. The van der Waals surface area contributed by atoms with Crippen molar-refractivity contribution in [1.82, 2.24) is 0 Å². The van der Waals surface area contributed by atoms with Gasteiger partial charge in [-0.15, -0.1) is 0 Å². The van der Waals surface area contributed by atoms with Gasteiger partial charge in [0.05, 0.1) is 0 Å². The molecule has 1 N–H and O–H groups in total. The molecule has 3 aromatic carbocycles. The fraction of sp³-hybridized carbons (Fsp3) is 0.0526. The van der Waals surface area contributed by atoms with Crippen LogP contribution in [-0.2, 0) is 0 Å². The molecule has 0 unspecified atom stereocenters. The highest BCUT2D eigenvalue weighted by atomic mass is 19.1. The van der Waals surface area contributed by atoms with Gasteiger partial charge in [0.25, 0.3) is 0 Å². The van der Waals surface area contributed by atoms with Gasteiger partial charge in [0.1, 0.15) is 11.6 Å². The Morgan fingerprint density at radius 2 is 1.29 bits per heavy atom. The van der Waals surface area contributed by atoms with Crippen molar-refractivity contribution >= 4 is 0 Å². The molecule has 0 atom stereocenters. The molecule has 0 spiro atoms. The van der Waals surface area contributed by atoms with Gasteiger partial charge in [-0.3, -0.25) is 0 Å². The van der Waals surface area contributed by atoms with E-state index in [1.54, 1.807) is 30.3 Å². The van der Waals surface area contributed by atoms with E-state index in [0.717, 1.165) is 22.3 Å². The number of benzene rings is 3. The van der Waals surface area contributed by atoms with Crippen molar-refractivity contribution in [2.75, 3.05) is 0 Å². The summed E-state index contributed by atoms with van der Waals surface area (Å²) in [5.41, 5.74) is 4.29. The number of rotatable bonds is 2. The summed E-state index contributed by atoms with van der Waals surface area (Å²) in [6, 6.07) is 19.8. The highest BCUT2D eigenvalue weighted by molar-refractivity contribution is 5.71. The van der Waals surface area contributed by atoms with E-state index in [4.69, 9.17) is 0 Å². The number of hydrogen-bond acceptors (Lipinski definition) is 1. The number of halogens is 1. The monoisotopic (exact) mass is 278 g/mol. The molecule has 0 amide bonds. The molecule has 104 valence electrons. The summed E-state index contributed by atoms with van der Waals surface area (Å²) in [6.07, 6.45) is 0. The zero-order chi connectivity index (χ0) is 14.8. The highest BCUT2D eigenvalue weighted by Gasteiger charge is 2.07. The molecule has 21 heavy (non-hydrogen) atoms. The first-order chi connectivity index (χ1) is 10.1. The number of phenolic OH excluding ortho intramolecular Hbond substituents is 1. The lowest BCUT2D eigenvalue weighted by molar-refractivity contribution is 0.475. The molecule has 0 bridgehead atoms. The second-order valence-electron chi connectivity index (χ2n) is 5.11. The molecule has 0 heterocycles. The maximum absolute atomic E-state index is 14.4. The second kappa shape index (κ2) is 5.41. The van der Waals surface area contributed by atoms with Crippen LogP contribution in [0.1, 0.15) is 5.56 Å². The van der Waals surface area contributed by atoms with E-state index in [9.17, 15) is 9.50 Å². The molecule has 0 saturated carbocycles. The molecule has 0 aromatic heterocycles. The van der Waals surface area contributed by atoms with Crippen LogP contribution in [0.4, 0.5) is 4.39 Å². The number of hydrogen-bond donors (Lipinski definition) is 1. The Morgan fingerprint density at radius 3 is 1.90 bits per heavy atom.